The molecule has 0 radical (unpaired) electrons. The number of rotatable bonds is 1. The van der Waals surface area contributed by atoms with E-state index >= 15 is 0 Å². The van der Waals surface area contributed by atoms with Crippen LogP contribution in [0.5, 0.6) is 5.88 Å². The van der Waals surface area contributed by atoms with Crippen molar-refractivity contribution in [2.75, 3.05) is 0 Å². The Bertz CT molecular complexity index is 731. The number of primary amides is 1. The first-order chi connectivity index (χ1) is 8.66. The largest absolute Gasteiger partial charge is 0.494 e. The first kappa shape index (κ1) is 10.8. The highest BCUT2D eigenvalue weighted by Gasteiger charge is 2.12. The van der Waals surface area contributed by atoms with Gasteiger partial charge in [0.2, 0.25) is 0 Å². The Labute approximate surface area is 106 Å². The van der Waals surface area contributed by atoms with Crippen molar-refractivity contribution >= 4 is 28.3 Å². The number of benzene rings is 1. The van der Waals surface area contributed by atoms with Crippen molar-refractivity contribution in [1.82, 2.24) is 9.55 Å². The van der Waals surface area contributed by atoms with Crippen LogP contribution in [0.2, 0.25) is 0 Å². The molecule has 0 fully saturated rings. The average molecular weight is 259 g/mol. The Kier molecular flexibility index (Phi) is 2.31. The number of fused-ring (bicyclic) bond motifs is 1. The molecule has 0 saturated heterocycles. The first-order valence-electron chi connectivity index (χ1n) is 5.21. The third-order valence-electron chi connectivity index (χ3n) is 2.68. The van der Waals surface area contributed by atoms with Gasteiger partial charge in [-0.2, -0.15) is 0 Å². The number of amides is 1. The van der Waals surface area contributed by atoms with Crippen LogP contribution in [0.3, 0.4) is 0 Å². The molecule has 18 heavy (non-hydrogen) atoms. The summed E-state index contributed by atoms with van der Waals surface area (Å²) in [5.74, 6) is -0.159. The molecule has 0 bridgehead atoms. The normalized spacial score (nSPS) is 10.9. The van der Waals surface area contributed by atoms with Crippen molar-refractivity contribution in [3.05, 3.63) is 35.8 Å². The van der Waals surface area contributed by atoms with Crippen molar-refractivity contribution in [2.24, 2.45) is 5.73 Å². The molecule has 0 aliphatic carbocycles. The summed E-state index contributed by atoms with van der Waals surface area (Å²) in [6, 6.07) is 6.27. The summed E-state index contributed by atoms with van der Waals surface area (Å²) in [5.41, 5.74) is 6.74. The van der Waals surface area contributed by atoms with E-state index in [1.807, 2.05) is 17.5 Å². The Morgan fingerprint density at radius 2 is 2.22 bits per heavy atom. The molecule has 0 saturated carbocycles. The molecule has 1 aromatic carbocycles. The summed E-state index contributed by atoms with van der Waals surface area (Å²) < 4.78 is 1.07. The summed E-state index contributed by atoms with van der Waals surface area (Å²) in [6.45, 7) is 0. The fourth-order valence-electron chi connectivity index (χ4n) is 1.93. The van der Waals surface area contributed by atoms with Gasteiger partial charge in [0.25, 0.3) is 0 Å². The molecular weight excluding hydrogens is 250 g/mol. The molecule has 0 atom stereocenters. The van der Waals surface area contributed by atoms with Crippen LogP contribution in [0.25, 0.3) is 21.5 Å². The highest BCUT2D eigenvalue weighted by Crippen LogP contribution is 2.29. The van der Waals surface area contributed by atoms with Crippen LogP contribution in [0.15, 0.2) is 35.8 Å². The Morgan fingerprint density at radius 1 is 1.39 bits per heavy atom. The molecule has 0 spiro atoms. The SMILES string of the molecule is NC(=O)n1c(O)cc2cc(-c3nccs3)ccc21. The maximum Gasteiger partial charge on any atom is 0.326 e. The third-order valence-corrected chi connectivity index (χ3v) is 3.50. The van der Waals surface area contributed by atoms with Gasteiger partial charge in [0, 0.05) is 28.6 Å². The molecule has 90 valence electrons. The highest BCUT2D eigenvalue weighted by molar-refractivity contribution is 7.13. The Balaban J connectivity index is 2.23. The van der Waals surface area contributed by atoms with Crippen LogP contribution in [0.1, 0.15) is 0 Å². The lowest BCUT2D eigenvalue weighted by Gasteiger charge is -2.01. The monoisotopic (exact) mass is 259 g/mol. The predicted molar refractivity (Wildman–Crippen MR) is 69.7 cm³/mol. The van der Waals surface area contributed by atoms with E-state index < -0.39 is 6.03 Å². The zero-order chi connectivity index (χ0) is 12.7. The number of aromatic hydroxyl groups is 1. The second kappa shape index (κ2) is 3.85. The van der Waals surface area contributed by atoms with Gasteiger partial charge in [0.1, 0.15) is 5.01 Å². The number of hydrogen-bond acceptors (Lipinski definition) is 4. The fourth-order valence-corrected chi connectivity index (χ4v) is 2.57. The molecule has 5 nitrogen and oxygen atoms in total. The minimum Gasteiger partial charge on any atom is -0.494 e. The second-order valence-electron chi connectivity index (χ2n) is 3.79. The minimum atomic E-state index is -0.704. The second-order valence-corrected chi connectivity index (χ2v) is 4.68. The van der Waals surface area contributed by atoms with E-state index in [2.05, 4.69) is 4.98 Å². The van der Waals surface area contributed by atoms with Crippen molar-refractivity contribution in [1.29, 1.82) is 0 Å². The van der Waals surface area contributed by atoms with Crippen molar-refractivity contribution in [2.45, 2.75) is 0 Å². The van der Waals surface area contributed by atoms with E-state index in [0.717, 1.165) is 20.5 Å². The number of aromatic nitrogens is 2. The number of thiazole rings is 1. The van der Waals surface area contributed by atoms with Crippen molar-refractivity contribution in [3.63, 3.8) is 0 Å². The lowest BCUT2D eigenvalue weighted by atomic mass is 10.1. The molecule has 0 aliphatic rings. The molecule has 2 aromatic heterocycles. The zero-order valence-corrected chi connectivity index (χ0v) is 10.0. The summed E-state index contributed by atoms with van der Waals surface area (Å²) >= 11 is 1.53. The molecule has 0 unspecified atom stereocenters. The van der Waals surface area contributed by atoms with Gasteiger partial charge in [-0.25, -0.2) is 14.3 Å². The molecular formula is C12H9N3O2S. The summed E-state index contributed by atoms with van der Waals surface area (Å²) in [6.07, 6.45) is 1.73. The number of nitrogens with zero attached hydrogens (tertiary/aromatic N) is 2. The van der Waals surface area contributed by atoms with Gasteiger partial charge in [-0.1, -0.05) is 0 Å². The Morgan fingerprint density at radius 3 is 2.89 bits per heavy atom. The van der Waals surface area contributed by atoms with Crippen LogP contribution in [0.4, 0.5) is 4.79 Å². The van der Waals surface area contributed by atoms with E-state index in [0.29, 0.717) is 5.52 Å². The van der Waals surface area contributed by atoms with Crippen molar-refractivity contribution in [3.8, 4) is 16.5 Å². The third kappa shape index (κ3) is 1.54. The molecule has 6 heteroatoms. The smallest absolute Gasteiger partial charge is 0.326 e. The maximum atomic E-state index is 11.2. The standard InChI is InChI=1S/C12H9N3O2S/c13-12(17)15-9-2-1-7(11-14-3-4-18-11)5-8(9)6-10(15)16/h1-6,16H,(H2,13,17). The number of nitrogens with two attached hydrogens (primary N) is 1. The fraction of sp³-hybridized carbons (Fsp3) is 0. The van der Waals surface area contributed by atoms with Crippen LogP contribution in [-0.2, 0) is 0 Å². The topological polar surface area (TPSA) is 81.1 Å². The van der Waals surface area contributed by atoms with E-state index in [-0.39, 0.29) is 5.88 Å². The lowest BCUT2D eigenvalue weighted by Crippen LogP contribution is -2.18. The molecule has 0 aliphatic heterocycles. The molecule has 3 N–H and O–H groups in total. The van der Waals surface area contributed by atoms with E-state index in [1.165, 1.54) is 17.4 Å². The van der Waals surface area contributed by atoms with Gasteiger partial charge >= 0.3 is 6.03 Å². The van der Waals surface area contributed by atoms with Crippen LogP contribution in [0, 0.1) is 0 Å². The van der Waals surface area contributed by atoms with Gasteiger partial charge < -0.3 is 10.8 Å². The predicted octanol–water partition coefficient (Wildman–Crippen LogP) is 2.40. The summed E-state index contributed by atoms with van der Waals surface area (Å²) in [7, 11) is 0. The number of carbonyl (C=O) groups is 1. The van der Waals surface area contributed by atoms with Crippen LogP contribution < -0.4 is 5.73 Å². The van der Waals surface area contributed by atoms with Gasteiger partial charge in [0.05, 0.1) is 5.52 Å². The molecule has 2 heterocycles. The van der Waals surface area contributed by atoms with Crippen LogP contribution in [-0.4, -0.2) is 20.7 Å². The summed E-state index contributed by atoms with van der Waals surface area (Å²) in [5, 5.41) is 13.2. The average Bonchev–Trinajstić information content (AvgIpc) is 2.92. The zero-order valence-electron chi connectivity index (χ0n) is 9.20. The van der Waals surface area contributed by atoms with Gasteiger partial charge in [-0.3, -0.25) is 0 Å². The van der Waals surface area contributed by atoms with Gasteiger partial charge in [-0.15, -0.1) is 11.3 Å². The highest BCUT2D eigenvalue weighted by atomic mass is 32.1. The molecule has 3 rings (SSSR count). The van der Waals surface area contributed by atoms with E-state index in [4.69, 9.17) is 5.73 Å². The summed E-state index contributed by atoms with van der Waals surface area (Å²) in [4.78, 5) is 15.4. The molecule has 1 amide bonds. The first-order valence-corrected chi connectivity index (χ1v) is 6.09. The van der Waals surface area contributed by atoms with E-state index in [1.54, 1.807) is 12.3 Å². The van der Waals surface area contributed by atoms with Gasteiger partial charge in [-0.05, 0) is 18.2 Å². The number of hydrogen-bond donors (Lipinski definition) is 2. The Hall–Kier alpha value is -2.34. The molecule has 3 aromatic rings. The number of carbonyl (C=O) groups excluding carboxylic acids is 1. The van der Waals surface area contributed by atoms with Gasteiger partial charge in [0.15, 0.2) is 5.88 Å². The minimum absolute atomic E-state index is 0.159. The lowest BCUT2D eigenvalue weighted by molar-refractivity contribution is 0.248. The van der Waals surface area contributed by atoms with Crippen molar-refractivity contribution < 1.29 is 9.90 Å². The maximum absolute atomic E-state index is 11.2. The van der Waals surface area contributed by atoms with Crippen LogP contribution >= 0.6 is 11.3 Å². The van der Waals surface area contributed by atoms with E-state index in [9.17, 15) is 9.90 Å². The quantitative estimate of drug-likeness (QED) is 0.704.